The number of hydrogen-bond donors (Lipinski definition) is 1. The Morgan fingerprint density at radius 2 is 1.82 bits per heavy atom. The Kier molecular flexibility index (Phi) is 6.47. The number of halogens is 2. The number of imide groups is 2. The number of aryl methyl sites for hydroxylation is 1. The third-order valence-corrected chi connectivity index (χ3v) is 5.73. The topological polar surface area (TPSA) is 75.7 Å². The van der Waals surface area contributed by atoms with E-state index in [-0.39, 0.29) is 22.8 Å². The van der Waals surface area contributed by atoms with Gasteiger partial charge in [0.1, 0.15) is 17.1 Å². The molecule has 1 saturated heterocycles. The minimum Gasteiger partial charge on any atom is -0.496 e. The Hall–Kier alpha value is -3.97. The SMILES string of the molecule is COc1cc(/C=C2\C(=O)NC(=O)N(c3cccc(C)c3)C2=O)cc(Cl)c1Cc1ccccc1F. The number of anilines is 1. The van der Waals surface area contributed by atoms with Crippen molar-refractivity contribution in [3.8, 4) is 5.75 Å². The maximum absolute atomic E-state index is 14.1. The Balaban J connectivity index is 1.72. The highest BCUT2D eigenvalue weighted by Gasteiger charge is 2.36. The zero-order valence-electron chi connectivity index (χ0n) is 18.4. The molecule has 0 unspecified atom stereocenters. The second kappa shape index (κ2) is 9.49. The van der Waals surface area contributed by atoms with E-state index in [4.69, 9.17) is 16.3 Å². The molecule has 1 N–H and O–H groups in total. The first-order valence-corrected chi connectivity index (χ1v) is 10.7. The number of urea groups is 1. The summed E-state index contributed by atoms with van der Waals surface area (Å²) in [5.74, 6) is -1.57. The molecule has 1 aliphatic heterocycles. The Labute approximate surface area is 200 Å². The summed E-state index contributed by atoms with van der Waals surface area (Å²) in [6.45, 7) is 1.83. The monoisotopic (exact) mass is 478 g/mol. The molecule has 4 amide bonds. The van der Waals surface area contributed by atoms with Crippen molar-refractivity contribution in [3.63, 3.8) is 0 Å². The van der Waals surface area contributed by atoms with E-state index in [0.717, 1.165) is 10.5 Å². The second-order valence-corrected chi connectivity index (χ2v) is 8.16. The lowest BCUT2D eigenvalue weighted by molar-refractivity contribution is -0.122. The lowest BCUT2D eigenvalue weighted by Gasteiger charge is -2.26. The van der Waals surface area contributed by atoms with Crippen LogP contribution in [0, 0.1) is 12.7 Å². The largest absolute Gasteiger partial charge is 0.496 e. The summed E-state index contributed by atoms with van der Waals surface area (Å²) >= 11 is 6.49. The van der Waals surface area contributed by atoms with Crippen LogP contribution >= 0.6 is 11.6 Å². The first-order valence-electron chi connectivity index (χ1n) is 10.4. The highest BCUT2D eigenvalue weighted by atomic mass is 35.5. The van der Waals surface area contributed by atoms with Crippen LogP contribution in [0.2, 0.25) is 5.02 Å². The number of amides is 4. The summed E-state index contributed by atoms with van der Waals surface area (Å²) in [5.41, 5.74) is 2.38. The van der Waals surface area contributed by atoms with Gasteiger partial charge in [0.05, 0.1) is 12.8 Å². The zero-order chi connectivity index (χ0) is 24.4. The predicted molar refractivity (Wildman–Crippen MR) is 127 cm³/mol. The number of carbonyl (C=O) groups excluding carboxylic acids is 3. The van der Waals surface area contributed by atoms with Gasteiger partial charge >= 0.3 is 6.03 Å². The number of ether oxygens (including phenoxy) is 1. The fraction of sp³-hybridized carbons (Fsp3) is 0.115. The third-order valence-electron chi connectivity index (χ3n) is 5.39. The van der Waals surface area contributed by atoms with Crippen molar-refractivity contribution in [2.75, 3.05) is 12.0 Å². The molecule has 0 atom stereocenters. The number of barbiturate groups is 1. The zero-order valence-corrected chi connectivity index (χ0v) is 19.2. The second-order valence-electron chi connectivity index (χ2n) is 7.75. The number of carbonyl (C=O) groups is 3. The van der Waals surface area contributed by atoms with Crippen molar-refractivity contribution >= 4 is 41.2 Å². The van der Waals surface area contributed by atoms with E-state index in [2.05, 4.69) is 5.32 Å². The Morgan fingerprint density at radius 3 is 2.53 bits per heavy atom. The van der Waals surface area contributed by atoms with Gasteiger partial charge in [0, 0.05) is 17.0 Å². The van der Waals surface area contributed by atoms with Crippen LogP contribution in [0.15, 0.2) is 66.2 Å². The molecule has 0 aromatic heterocycles. The molecule has 1 aliphatic rings. The van der Waals surface area contributed by atoms with Crippen molar-refractivity contribution in [2.45, 2.75) is 13.3 Å². The number of nitrogens with one attached hydrogen (secondary N) is 1. The third kappa shape index (κ3) is 4.56. The average Bonchev–Trinajstić information content (AvgIpc) is 2.79. The molecule has 34 heavy (non-hydrogen) atoms. The van der Waals surface area contributed by atoms with Gasteiger partial charge in [-0.15, -0.1) is 0 Å². The van der Waals surface area contributed by atoms with Crippen molar-refractivity contribution in [1.29, 1.82) is 0 Å². The van der Waals surface area contributed by atoms with Gasteiger partial charge in [0.25, 0.3) is 11.8 Å². The van der Waals surface area contributed by atoms with E-state index in [1.54, 1.807) is 48.5 Å². The molecule has 8 heteroatoms. The van der Waals surface area contributed by atoms with Crippen LogP contribution in [-0.2, 0) is 16.0 Å². The lowest BCUT2D eigenvalue weighted by atomic mass is 10.00. The quantitative estimate of drug-likeness (QED) is 0.411. The molecule has 172 valence electrons. The molecule has 1 heterocycles. The molecule has 4 rings (SSSR count). The van der Waals surface area contributed by atoms with Crippen LogP contribution < -0.4 is 15.0 Å². The van der Waals surface area contributed by atoms with E-state index < -0.39 is 17.8 Å². The van der Waals surface area contributed by atoms with Crippen molar-refractivity contribution in [3.05, 3.63) is 99.3 Å². The normalized spacial score (nSPS) is 15.0. The van der Waals surface area contributed by atoms with Gasteiger partial charge in [-0.25, -0.2) is 14.1 Å². The number of hydrogen-bond acceptors (Lipinski definition) is 4. The molecule has 3 aromatic rings. The standard InChI is InChI=1S/C26H20ClFN2O4/c1-15-6-5-8-18(10-15)30-25(32)20(24(31)29-26(30)33)11-16-12-21(27)19(23(13-16)34-2)14-17-7-3-4-9-22(17)28/h3-13H,14H2,1-2H3,(H,29,31,33)/b20-11+. The molecule has 0 bridgehead atoms. The van der Waals surface area contributed by atoms with Gasteiger partial charge in [-0.05, 0) is 60.0 Å². The number of rotatable bonds is 5. The van der Waals surface area contributed by atoms with Crippen LogP contribution in [0.25, 0.3) is 6.08 Å². The Bertz CT molecular complexity index is 1350. The summed E-state index contributed by atoms with van der Waals surface area (Å²) in [4.78, 5) is 38.9. The minimum atomic E-state index is -0.825. The van der Waals surface area contributed by atoms with E-state index in [1.165, 1.54) is 19.3 Å². The molecule has 0 saturated carbocycles. The predicted octanol–water partition coefficient (Wildman–Crippen LogP) is 5.05. The van der Waals surface area contributed by atoms with Gasteiger partial charge in [0.15, 0.2) is 0 Å². The fourth-order valence-electron chi connectivity index (χ4n) is 3.73. The van der Waals surface area contributed by atoms with E-state index in [0.29, 0.717) is 28.1 Å². The average molecular weight is 479 g/mol. The lowest BCUT2D eigenvalue weighted by Crippen LogP contribution is -2.54. The number of nitrogens with zero attached hydrogens (tertiary/aromatic N) is 1. The summed E-state index contributed by atoms with van der Waals surface area (Å²) in [7, 11) is 1.45. The molecule has 0 aliphatic carbocycles. The van der Waals surface area contributed by atoms with Gasteiger partial charge in [-0.3, -0.25) is 14.9 Å². The summed E-state index contributed by atoms with van der Waals surface area (Å²) < 4.78 is 19.6. The summed E-state index contributed by atoms with van der Waals surface area (Å²) in [6.07, 6.45) is 1.54. The van der Waals surface area contributed by atoms with Crippen LogP contribution in [0.5, 0.6) is 5.75 Å². The number of methoxy groups -OCH3 is 1. The summed E-state index contributed by atoms with van der Waals surface area (Å²) in [5, 5.41) is 2.48. The Morgan fingerprint density at radius 1 is 1.06 bits per heavy atom. The van der Waals surface area contributed by atoms with E-state index in [1.807, 2.05) is 13.0 Å². The van der Waals surface area contributed by atoms with Crippen LogP contribution in [0.1, 0.15) is 22.3 Å². The fourth-order valence-corrected chi connectivity index (χ4v) is 4.01. The first kappa shape index (κ1) is 23.2. The molecule has 0 radical (unpaired) electrons. The molecule has 0 spiro atoms. The molecule has 3 aromatic carbocycles. The van der Waals surface area contributed by atoms with Gasteiger partial charge in [0.2, 0.25) is 0 Å². The van der Waals surface area contributed by atoms with Gasteiger partial charge in [-0.1, -0.05) is 41.9 Å². The van der Waals surface area contributed by atoms with E-state index >= 15 is 0 Å². The molecule has 6 nitrogen and oxygen atoms in total. The molecular weight excluding hydrogens is 459 g/mol. The minimum absolute atomic E-state index is 0.195. The van der Waals surface area contributed by atoms with Crippen LogP contribution in [0.4, 0.5) is 14.9 Å². The molecular formula is C26H20ClFN2O4. The maximum atomic E-state index is 14.1. The van der Waals surface area contributed by atoms with Crippen molar-refractivity contribution < 1.29 is 23.5 Å². The van der Waals surface area contributed by atoms with Crippen LogP contribution in [0.3, 0.4) is 0 Å². The molecule has 1 fully saturated rings. The summed E-state index contributed by atoms with van der Waals surface area (Å²) in [6, 6.07) is 15.5. The van der Waals surface area contributed by atoms with Crippen LogP contribution in [-0.4, -0.2) is 25.0 Å². The van der Waals surface area contributed by atoms with E-state index in [9.17, 15) is 18.8 Å². The first-order chi connectivity index (χ1) is 16.3. The highest BCUT2D eigenvalue weighted by Crippen LogP contribution is 2.33. The van der Waals surface area contributed by atoms with Gasteiger partial charge in [-0.2, -0.15) is 0 Å². The maximum Gasteiger partial charge on any atom is 0.335 e. The number of benzene rings is 3. The highest BCUT2D eigenvalue weighted by molar-refractivity contribution is 6.39. The van der Waals surface area contributed by atoms with Gasteiger partial charge < -0.3 is 4.74 Å². The van der Waals surface area contributed by atoms with Crippen molar-refractivity contribution in [1.82, 2.24) is 5.32 Å². The van der Waals surface area contributed by atoms with Crippen molar-refractivity contribution in [2.24, 2.45) is 0 Å². The smallest absolute Gasteiger partial charge is 0.335 e.